The number of carboxylic acid groups (broad SMARTS) is 1. The number of amides is 2. The highest BCUT2D eigenvalue weighted by atomic mass is 35.5. The van der Waals surface area contributed by atoms with Crippen LogP contribution >= 0.6 is 11.6 Å². The van der Waals surface area contributed by atoms with Gasteiger partial charge in [0.05, 0.1) is 5.52 Å². The number of anilines is 1. The van der Waals surface area contributed by atoms with Gasteiger partial charge in [-0.1, -0.05) is 17.7 Å². The van der Waals surface area contributed by atoms with Crippen molar-refractivity contribution in [3.63, 3.8) is 0 Å². The number of urea groups is 1. The van der Waals surface area contributed by atoms with E-state index in [4.69, 9.17) is 16.7 Å². The molecule has 0 atom stereocenters. The average molecular weight is 373 g/mol. The monoisotopic (exact) mass is 372 g/mol. The fourth-order valence-electron chi connectivity index (χ4n) is 2.43. The van der Waals surface area contributed by atoms with Crippen LogP contribution in [0.2, 0.25) is 5.02 Å². The molecular weight excluding hydrogens is 360 g/mol. The summed E-state index contributed by atoms with van der Waals surface area (Å²) >= 11 is 6.06. The molecule has 26 heavy (non-hydrogen) atoms. The normalized spacial score (nSPS) is 10.5. The number of hydrogen-bond acceptors (Lipinski definition) is 4. The molecule has 9 heteroatoms. The van der Waals surface area contributed by atoms with Crippen LogP contribution < -0.4 is 16.2 Å². The van der Waals surface area contributed by atoms with Crippen LogP contribution in [-0.2, 0) is 6.54 Å². The van der Waals surface area contributed by atoms with Crippen LogP contribution in [0.25, 0.3) is 10.9 Å². The molecule has 0 spiro atoms. The quantitative estimate of drug-likeness (QED) is 0.560. The van der Waals surface area contributed by atoms with E-state index in [0.29, 0.717) is 27.3 Å². The molecule has 0 aliphatic rings. The minimum atomic E-state index is -1.33. The fourth-order valence-corrected chi connectivity index (χ4v) is 2.67. The largest absolute Gasteiger partial charge is 0.477 e. The standard InChI is InChI=1S/C17H13ClN4O4/c18-11-5-9-7-12(16(24)25)15(23)22-14(9)10(6-11)8-20-17(26)21-13-3-1-2-4-19-13/h1-7H,8H2,(H,22,23)(H,24,25)(H2,19,20,21,26). The number of carbonyl (C=O) groups excluding carboxylic acids is 1. The van der Waals surface area contributed by atoms with Gasteiger partial charge >= 0.3 is 12.0 Å². The maximum absolute atomic E-state index is 12.0. The molecule has 3 aromatic rings. The Morgan fingerprint density at radius 3 is 2.73 bits per heavy atom. The molecule has 2 heterocycles. The minimum Gasteiger partial charge on any atom is -0.477 e. The lowest BCUT2D eigenvalue weighted by molar-refractivity contribution is 0.0695. The van der Waals surface area contributed by atoms with E-state index >= 15 is 0 Å². The van der Waals surface area contributed by atoms with Gasteiger partial charge in [0.2, 0.25) is 0 Å². The van der Waals surface area contributed by atoms with Crippen molar-refractivity contribution >= 4 is 40.3 Å². The summed E-state index contributed by atoms with van der Waals surface area (Å²) in [5, 5.41) is 15.1. The summed E-state index contributed by atoms with van der Waals surface area (Å²) in [6, 6.07) is 8.99. The van der Waals surface area contributed by atoms with E-state index in [2.05, 4.69) is 20.6 Å². The molecule has 0 bridgehead atoms. The number of hydrogen-bond donors (Lipinski definition) is 4. The zero-order valence-corrected chi connectivity index (χ0v) is 14.0. The van der Waals surface area contributed by atoms with Crippen molar-refractivity contribution in [2.75, 3.05) is 5.32 Å². The van der Waals surface area contributed by atoms with Gasteiger partial charge in [0.25, 0.3) is 5.56 Å². The van der Waals surface area contributed by atoms with E-state index in [1.807, 2.05) is 0 Å². The van der Waals surface area contributed by atoms with Crippen molar-refractivity contribution in [2.24, 2.45) is 0 Å². The lowest BCUT2D eigenvalue weighted by atomic mass is 10.1. The first-order valence-corrected chi connectivity index (χ1v) is 7.86. The Labute approximate surface area is 151 Å². The molecule has 0 fully saturated rings. The van der Waals surface area contributed by atoms with E-state index in [-0.39, 0.29) is 12.1 Å². The molecule has 8 nitrogen and oxygen atoms in total. The van der Waals surface area contributed by atoms with Gasteiger partial charge in [-0.3, -0.25) is 10.1 Å². The molecule has 0 saturated carbocycles. The first-order chi connectivity index (χ1) is 12.4. The summed E-state index contributed by atoms with van der Waals surface area (Å²) in [4.78, 5) is 41.5. The number of aromatic amines is 1. The second-order valence-corrected chi connectivity index (χ2v) is 5.81. The number of fused-ring (bicyclic) bond motifs is 1. The first-order valence-electron chi connectivity index (χ1n) is 7.48. The van der Waals surface area contributed by atoms with Gasteiger partial charge in [-0.15, -0.1) is 0 Å². The van der Waals surface area contributed by atoms with E-state index < -0.39 is 17.6 Å². The second kappa shape index (κ2) is 7.24. The van der Waals surface area contributed by atoms with Crippen LogP contribution in [0.5, 0.6) is 0 Å². The molecule has 0 radical (unpaired) electrons. The van der Waals surface area contributed by atoms with Crippen LogP contribution in [0.3, 0.4) is 0 Å². The van der Waals surface area contributed by atoms with Gasteiger partial charge in [-0.25, -0.2) is 14.6 Å². The van der Waals surface area contributed by atoms with Gasteiger partial charge in [-0.2, -0.15) is 0 Å². The van der Waals surface area contributed by atoms with Crippen LogP contribution in [-0.4, -0.2) is 27.1 Å². The number of aromatic carboxylic acids is 1. The second-order valence-electron chi connectivity index (χ2n) is 5.37. The van der Waals surface area contributed by atoms with Gasteiger partial charge in [0, 0.05) is 23.2 Å². The van der Waals surface area contributed by atoms with Gasteiger partial charge < -0.3 is 15.4 Å². The number of carboxylic acids is 1. The van der Waals surface area contributed by atoms with Crippen molar-refractivity contribution in [1.82, 2.24) is 15.3 Å². The van der Waals surface area contributed by atoms with Crippen molar-refractivity contribution in [2.45, 2.75) is 6.54 Å². The number of nitrogens with one attached hydrogen (secondary N) is 3. The molecule has 2 amide bonds. The van der Waals surface area contributed by atoms with E-state index in [1.165, 1.54) is 12.1 Å². The Kier molecular flexibility index (Phi) is 4.85. The molecule has 132 valence electrons. The fraction of sp³-hybridized carbons (Fsp3) is 0.0588. The Morgan fingerprint density at radius 2 is 2.04 bits per heavy atom. The zero-order chi connectivity index (χ0) is 18.7. The number of benzene rings is 1. The summed E-state index contributed by atoms with van der Waals surface area (Å²) < 4.78 is 0. The zero-order valence-electron chi connectivity index (χ0n) is 13.2. The number of rotatable bonds is 4. The third-order valence-electron chi connectivity index (χ3n) is 3.57. The Morgan fingerprint density at radius 1 is 1.23 bits per heavy atom. The highest BCUT2D eigenvalue weighted by Crippen LogP contribution is 2.22. The van der Waals surface area contributed by atoms with Crippen LogP contribution in [0.1, 0.15) is 15.9 Å². The lowest BCUT2D eigenvalue weighted by Gasteiger charge is -2.10. The maximum atomic E-state index is 12.0. The molecular formula is C17H13ClN4O4. The van der Waals surface area contributed by atoms with Crippen molar-refractivity contribution in [1.29, 1.82) is 0 Å². The number of aromatic nitrogens is 2. The molecule has 4 N–H and O–H groups in total. The van der Waals surface area contributed by atoms with Crippen LogP contribution in [0, 0.1) is 0 Å². The van der Waals surface area contributed by atoms with E-state index in [1.54, 1.807) is 30.5 Å². The van der Waals surface area contributed by atoms with Gasteiger partial charge in [0.15, 0.2) is 0 Å². The number of nitrogens with zero attached hydrogens (tertiary/aromatic N) is 1. The van der Waals surface area contributed by atoms with Crippen molar-refractivity contribution < 1.29 is 14.7 Å². The summed E-state index contributed by atoms with van der Waals surface area (Å²) in [6.45, 7) is 0.0675. The molecule has 0 saturated heterocycles. The molecule has 0 unspecified atom stereocenters. The van der Waals surface area contributed by atoms with Crippen LogP contribution in [0.4, 0.5) is 10.6 Å². The highest BCUT2D eigenvalue weighted by molar-refractivity contribution is 6.31. The molecule has 1 aromatic carbocycles. The third kappa shape index (κ3) is 3.81. The highest BCUT2D eigenvalue weighted by Gasteiger charge is 2.13. The predicted octanol–water partition coefficient (Wildman–Crippen LogP) is 2.60. The van der Waals surface area contributed by atoms with E-state index in [0.717, 1.165) is 0 Å². The first kappa shape index (κ1) is 17.4. The summed E-state index contributed by atoms with van der Waals surface area (Å²) in [5.74, 6) is -0.942. The van der Waals surface area contributed by atoms with Gasteiger partial charge in [0.1, 0.15) is 11.4 Å². The average Bonchev–Trinajstić information content (AvgIpc) is 2.60. The van der Waals surface area contributed by atoms with Crippen molar-refractivity contribution in [3.05, 3.63) is 69.1 Å². The third-order valence-corrected chi connectivity index (χ3v) is 3.79. The predicted molar refractivity (Wildman–Crippen MR) is 96.6 cm³/mol. The Balaban J connectivity index is 1.85. The molecule has 3 rings (SSSR count). The maximum Gasteiger partial charge on any atom is 0.341 e. The Bertz CT molecular complexity index is 1050. The molecule has 0 aliphatic carbocycles. The van der Waals surface area contributed by atoms with E-state index in [9.17, 15) is 14.4 Å². The molecule has 0 aliphatic heterocycles. The summed E-state index contributed by atoms with van der Waals surface area (Å²) in [5.41, 5.74) is -0.168. The number of halogens is 1. The molecule has 2 aromatic heterocycles. The Hall–Kier alpha value is -3.39. The topological polar surface area (TPSA) is 124 Å². The SMILES string of the molecule is O=C(NCc1cc(Cl)cc2cc(C(=O)O)c(=O)[nH]c12)Nc1ccccn1. The van der Waals surface area contributed by atoms with Crippen molar-refractivity contribution in [3.8, 4) is 0 Å². The minimum absolute atomic E-state index is 0.0675. The lowest BCUT2D eigenvalue weighted by Crippen LogP contribution is -2.29. The number of H-pyrrole nitrogens is 1. The number of carbonyl (C=O) groups is 2. The van der Waals surface area contributed by atoms with Crippen LogP contribution in [0.15, 0.2) is 47.4 Å². The number of pyridine rings is 2. The summed E-state index contributed by atoms with van der Waals surface area (Å²) in [6.07, 6.45) is 1.55. The summed E-state index contributed by atoms with van der Waals surface area (Å²) in [7, 11) is 0. The smallest absolute Gasteiger partial charge is 0.341 e. The van der Waals surface area contributed by atoms with Gasteiger partial charge in [-0.05, 0) is 35.9 Å².